The Labute approximate surface area is 118 Å². The van der Waals surface area contributed by atoms with Crippen LogP contribution in [-0.2, 0) is 0 Å². The van der Waals surface area contributed by atoms with Crippen LogP contribution in [-0.4, -0.2) is 6.54 Å². The van der Waals surface area contributed by atoms with E-state index >= 15 is 0 Å². The molecule has 0 spiro atoms. The van der Waals surface area contributed by atoms with Crippen LogP contribution in [0.5, 0.6) is 0 Å². The first-order chi connectivity index (χ1) is 9.31. The molecule has 1 unspecified atom stereocenters. The van der Waals surface area contributed by atoms with E-state index in [1.807, 2.05) is 0 Å². The first kappa shape index (κ1) is 14.6. The summed E-state index contributed by atoms with van der Waals surface area (Å²) in [6, 6.07) is 9.43. The van der Waals surface area contributed by atoms with E-state index < -0.39 is 0 Å². The number of hydrogen-bond donors (Lipinski definition) is 1. The Bertz CT molecular complexity index is 366. The number of hydrogen-bond acceptors (Lipinski definition) is 1. The van der Waals surface area contributed by atoms with Crippen LogP contribution in [0.25, 0.3) is 0 Å². The summed E-state index contributed by atoms with van der Waals surface area (Å²) in [6.07, 6.45) is 9.77. The molecular formula is C18H29N. The average Bonchev–Trinajstić information content (AvgIpc) is 2.93. The van der Waals surface area contributed by atoms with E-state index in [2.05, 4.69) is 43.4 Å². The maximum atomic E-state index is 3.75. The van der Waals surface area contributed by atoms with Gasteiger partial charge in [-0.2, -0.15) is 0 Å². The summed E-state index contributed by atoms with van der Waals surface area (Å²) in [5.74, 6) is 0.995. The molecule has 1 heteroatoms. The van der Waals surface area contributed by atoms with Crippen LogP contribution in [0.4, 0.5) is 0 Å². The Hall–Kier alpha value is -0.820. The van der Waals surface area contributed by atoms with E-state index in [1.54, 1.807) is 0 Å². The van der Waals surface area contributed by atoms with Crippen LogP contribution >= 0.6 is 0 Å². The molecule has 19 heavy (non-hydrogen) atoms. The second-order valence-corrected chi connectivity index (χ2v) is 6.09. The predicted octanol–water partition coefficient (Wildman–Crippen LogP) is 5.01. The van der Waals surface area contributed by atoms with Gasteiger partial charge in [-0.1, -0.05) is 56.9 Å². The van der Waals surface area contributed by atoms with Gasteiger partial charge < -0.3 is 5.32 Å². The van der Waals surface area contributed by atoms with Crippen LogP contribution in [0, 0.1) is 12.8 Å². The lowest BCUT2D eigenvalue weighted by Crippen LogP contribution is -2.23. The highest BCUT2D eigenvalue weighted by Crippen LogP contribution is 2.32. The van der Waals surface area contributed by atoms with Crippen molar-refractivity contribution >= 4 is 0 Å². The minimum absolute atomic E-state index is 0.557. The molecule has 0 aromatic heterocycles. The zero-order chi connectivity index (χ0) is 13.5. The minimum atomic E-state index is 0.557. The molecule has 0 amide bonds. The van der Waals surface area contributed by atoms with Crippen LogP contribution in [0.3, 0.4) is 0 Å². The number of benzene rings is 1. The number of rotatable bonds is 7. The van der Waals surface area contributed by atoms with Crippen molar-refractivity contribution in [3.8, 4) is 0 Å². The molecule has 0 aliphatic heterocycles. The van der Waals surface area contributed by atoms with E-state index in [-0.39, 0.29) is 0 Å². The van der Waals surface area contributed by atoms with Crippen molar-refractivity contribution in [2.24, 2.45) is 5.92 Å². The summed E-state index contributed by atoms with van der Waals surface area (Å²) >= 11 is 0. The molecule has 0 bridgehead atoms. The number of aryl methyl sites for hydroxylation is 1. The molecule has 1 aliphatic rings. The van der Waals surface area contributed by atoms with Gasteiger partial charge in [0.15, 0.2) is 0 Å². The van der Waals surface area contributed by atoms with Crippen molar-refractivity contribution in [3.63, 3.8) is 0 Å². The summed E-state index contributed by atoms with van der Waals surface area (Å²) in [7, 11) is 0. The third-order valence-corrected chi connectivity index (χ3v) is 4.54. The monoisotopic (exact) mass is 259 g/mol. The average molecular weight is 259 g/mol. The quantitative estimate of drug-likeness (QED) is 0.726. The van der Waals surface area contributed by atoms with Crippen LogP contribution in [0.2, 0.25) is 0 Å². The number of nitrogens with one attached hydrogen (secondary N) is 1. The predicted molar refractivity (Wildman–Crippen MR) is 83.4 cm³/mol. The molecule has 1 aliphatic carbocycles. The van der Waals surface area contributed by atoms with Crippen LogP contribution in [0.15, 0.2) is 24.3 Å². The molecule has 0 heterocycles. The Morgan fingerprint density at radius 2 is 1.95 bits per heavy atom. The first-order valence-corrected chi connectivity index (χ1v) is 8.10. The zero-order valence-corrected chi connectivity index (χ0v) is 12.6. The van der Waals surface area contributed by atoms with E-state index in [0.29, 0.717) is 6.04 Å². The lowest BCUT2D eigenvalue weighted by Gasteiger charge is -2.22. The third-order valence-electron chi connectivity index (χ3n) is 4.54. The normalized spacial score (nSPS) is 17.8. The topological polar surface area (TPSA) is 12.0 Å². The van der Waals surface area contributed by atoms with E-state index in [4.69, 9.17) is 0 Å². The molecule has 0 radical (unpaired) electrons. The molecule has 1 nitrogen and oxygen atoms in total. The summed E-state index contributed by atoms with van der Waals surface area (Å²) in [6.45, 7) is 5.62. The van der Waals surface area contributed by atoms with E-state index in [0.717, 1.165) is 12.5 Å². The van der Waals surface area contributed by atoms with E-state index in [9.17, 15) is 0 Å². The van der Waals surface area contributed by atoms with Gasteiger partial charge in [-0.25, -0.2) is 0 Å². The highest BCUT2D eigenvalue weighted by atomic mass is 14.9. The molecule has 1 N–H and O–H groups in total. The van der Waals surface area contributed by atoms with Gasteiger partial charge in [0, 0.05) is 6.04 Å². The first-order valence-electron chi connectivity index (χ1n) is 8.10. The summed E-state index contributed by atoms with van der Waals surface area (Å²) in [4.78, 5) is 0. The highest BCUT2D eigenvalue weighted by molar-refractivity contribution is 5.28. The van der Waals surface area contributed by atoms with Gasteiger partial charge in [-0.05, 0) is 49.8 Å². The van der Waals surface area contributed by atoms with Crippen LogP contribution < -0.4 is 5.32 Å². The van der Waals surface area contributed by atoms with Crippen molar-refractivity contribution < 1.29 is 0 Å². The Balaban J connectivity index is 1.96. The maximum absolute atomic E-state index is 3.75. The lowest BCUT2D eigenvalue weighted by molar-refractivity contribution is 0.411. The fourth-order valence-electron chi connectivity index (χ4n) is 3.37. The second kappa shape index (κ2) is 7.69. The smallest absolute Gasteiger partial charge is 0.0322 e. The Morgan fingerprint density at radius 3 is 2.63 bits per heavy atom. The molecule has 2 rings (SSSR count). The lowest BCUT2D eigenvalue weighted by atomic mass is 9.92. The van der Waals surface area contributed by atoms with Crippen molar-refractivity contribution in [1.82, 2.24) is 5.32 Å². The van der Waals surface area contributed by atoms with Gasteiger partial charge in [0.1, 0.15) is 0 Å². The van der Waals surface area contributed by atoms with Crippen molar-refractivity contribution in [1.29, 1.82) is 0 Å². The fraction of sp³-hybridized carbons (Fsp3) is 0.667. The van der Waals surface area contributed by atoms with Gasteiger partial charge in [0.25, 0.3) is 0 Å². The standard InChI is InChI=1S/C18H29N/c1-3-14-19-18(13-12-16-9-5-6-10-16)17-11-7-4-8-15(17)2/h4,7-8,11,16,18-19H,3,5-6,9-10,12-14H2,1-2H3. The molecule has 1 atom stereocenters. The van der Waals surface area contributed by atoms with E-state index in [1.165, 1.54) is 56.1 Å². The highest BCUT2D eigenvalue weighted by Gasteiger charge is 2.18. The molecule has 1 saturated carbocycles. The van der Waals surface area contributed by atoms with Gasteiger partial charge >= 0.3 is 0 Å². The zero-order valence-electron chi connectivity index (χ0n) is 12.6. The Morgan fingerprint density at radius 1 is 1.21 bits per heavy atom. The Kier molecular flexibility index (Phi) is 5.91. The van der Waals surface area contributed by atoms with Gasteiger partial charge in [-0.3, -0.25) is 0 Å². The second-order valence-electron chi connectivity index (χ2n) is 6.09. The SMILES string of the molecule is CCCNC(CCC1CCCC1)c1ccccc1C. The van der Waals surface area contributed by atoms with Crippen molar-refractivity contribution in [2.45, 2.75) is 64.8 Å². The summed E-state index contributed by atoms with van der Waals surface area (Å²) < 4.78 is 0. The molecular weight excluding hydrogens is 230 g/mol. The molecule has 0 saturated heterocycles. The summed E-state index contributed by atoms with van der Waals surface area (Å²) in [5, 5.41) is 3.75. The van der Waals surface area contributed by atoms with Gasteiger partial charge in [0.2, 0.25) is 0 Å². The van der Waals surface area contributed by atoms with Crippen molar-refractivity contribution in [2.75, 3.05) is 6.54 Å². The summed E-state index contributed by atoms with van der Waals surface area (Å²) in [5.41, 5.74) is 2.94. The molecule has 1 fully saturated rings. The largest absolute Gasteiger partial charge is 0.310 e. The molecule has 1 aromatic carbocycles. The van der Waals surface area contributed by atoms with Crippen LogP contribution in [0.1, 0.15) is 69.0 Å². The van der Waals surface area contributed by atoms with Gasteiger partial charge in [-0.15, -0.1) is 0 Å². The third kappa shape index (κ3) is 4.35. The van der Waals surface area contributed by atoms with Gasteiger partial charge in [0.05, 0.1) is 0 Å². The van der Waals surface area contributed by atoms with Crippen molar-refractivity contribution in [3.05, 3.63) is 35.4 Å². The fourth-order valence-corrected chi connectivity index (χ4v) is 3.37. The molecule has 106 valence electrons. The molecule has 1 aromatic rings. The minimum Gasteiger partial charge on any atom is -0.310 e. The maximum Gasteiger partial charge on any atom is 0.0322 e.